The van der Waals surface area contributed by atoms with E-state index in [1.54, 1.807) is 30.3 Å². The Morgan fingerprint density at radius 1 is 1.00 bits per heavy atom. The van der Waals surface area contributed by atoms with E-state index in [2.05, 4.69) is 0 Å². The van der Waals surface area contributed by atoms with Crippen LogP contribution in [0.15, 0.2) is 41.2 Å². The minimum absolute atomic E-state index is 0.0139. The first-order chi connectivity index (χ1) is 12.1. The summed E-state index contributed by atoms with van der Waals surface area (Å²) in [5.41, 5.74) is 0.230. The molecule has 0 spiro atoms. The number of esters is 1. The second-order valence-corrected chi connectivity index (χ2v) is 7.57. The van der Waals surface area contributed by atoms with Gasteiger partial charge in [0, 0.05) is 20.2 Å². The Morgan fingerprint density at radius 2 is 1.68 bits per heavy atom. The van der Waals surface area contributed by atoms with Crippen molar-refractivity contribution >= 4 is 37.5 Å². The fourth-order valence-electron chi connectivity index (χ4n) is 3.37. The van der Waals surface area contributed by atoms with Crippen LogP contribution in [-0.2, 0) is 4.74 Å². The van der Waals surface area contributed by atoms with Gasteiger partial charge in [0.05, 0.1) is 5.56 Å². The van der Waals surface area contributed by atoms with E-state index >= 15 is 0 Å². The number of hydrogen-bond acceptors (Lipinski definition) is 5. The molecule has 2 aromatic carbocycles. The van der Waals surface area contributed by atoms with Crippen LogP contribution in [0.4, 0.5) is 0 Å². The van der Waals surface area contributed by atoms with Crippen molar-refractivity contribution < 1.29 is 14.6 Å². The minimum atomic E-state index is -0.366. The van der Waals surface area contributed by atoms with Crippen LogP contribution in [0.5, 0.6) is 5.75 Å². The van der Waals surface area contributed by atoms with Gasteiger partial charge >= 0.3 is 5.97 Å². The van der Waals surface area contributed by atoms with Crippen molar-refractivity contribution in [2.45, 2.75) is 38.2 Å². The third-order valence-electron chi connectivity index (χ3n) is 4.71. The highest BCUT2D eigenvalue weighted by Crippen LogP contribution is 2.28. The first-order valence-corrected chi connectivity index (χ1v) is 9.34. The average molecular weight is 354 g/mol. The molecular formula is C20H18O4S. The molecule has 1 aromatic heterocycles. The van der Waals surface area contributed by atoms with Gasteiger partial charge in [0.1, 0.15) is 11.9 Å². The number of carbonyl (C=O) groups is 1. The molecule has 0 bridgehead atoms. The van der Waals surface area contributed by atoms with Gasteiger partial charge in [-0.2, -0.15) is 0 Å². The van der Waals surface area contributed by atoms with Gasteiger partial charge in [-0.3, -0.25) is 4.79 Å². The predicted octanol–water partition coefficient (Wildman–Crippen LogP) is 4.61. The lowest BCUT2D eigenvalue weighted by Crippen LogP contribution is -2.21. The molecule has 1 fully saturated rings. The predicted molar refractivity (Wildman–Crippen MR) is 99.6 cm³/mol. The Bertz CT molecular complexity index is 1020. The molecule has 1 aliphatic rings. The second kappa shape index (κ2) is 6.48. The first-order valence-electron chi connectivity index (χ1n) is 8.52. The number of rotatable bonds is 2. The number of fused-ring (bicyclic) bond motifs is 2. The summed E-state index contributed by atoms with van der Waals surface area (Å²) in [6, 6.07) is 9.91. The highest BCUT2D eigenvalue weighted by Gasteiger charge is 2.19. The van der Waals surface area contributed by atoms with E-state index in [0.717, 1.165) is 35.1 Å². The van der Waals surface area contributed by atoms with Gasteiger partial charge in [0.2, 0.25) is 0 Å². The lowest BCUT2D eigenvalue weighted by atomic mass is 9.98. The molecule has 0 radical (unpaired) electrons. The van der Waals surface area contributed by atoms with Crippen LogP contribution in [0.3, 0.4) is 0 Å². The molecule has 0 atom stereocenters. The number of aromatic hydroxyl groups is 1. The van der Waals surface area contributed by atoms with Gasteiger partial charge in [-0.1, -0.05) is 6.42 Å². The van der Waals surface area contributed by atoms with Crippen LogP contribution in [0.25, 0.3) is 20.2 Å². The Hall–Kier alpha value is -2.40. The van der Waals surface area contributed by atoms with Gasteiger partial charge in [-0.05, 0) is 62.1 Å². The van der Waals surface area contributed by atoms with E-state index in [4.69, 9.17) is 4.74 Å². The molecule has 0 aliphatic heterocycles. The SMILES string of the molecule is O=C(OC1CCCCC1)c1ccc2sc3ccc(O)cc3c(=O)c2c1. The molecule has 1 saturated carbocycles. The Morgan fingerprint density at radius 3 is 2.44 bits per heavy atom. The quantitative estimate of drug-likeness (QED) is 0.539. The summed E-state index contributed by atoms with van der Waals surface area (Å²) < 4.78 is 7.23. The van der Waals surface area contributed by atoms with Crippen LogP contribution in [0.2, 0.25) is 0 Å². The summed E-state index contributed by atoms with van der Waals surface area (Å²) >= 11 is 1.47. The summed E-state index contributed by atoms with van der Waals surface area (Å²) in [5, 5.41) is 10.6. The monoisotopic (exact) mass is 354 g/mol. The Labute approximate surface area is 148 Å². The summed E-state index contributed by atoms with van der Waals surface area (Å²) in [6.07, 6.45) is 5.20. The van der Waals surface area contributed by atoms with Crippen LogP contribution in [0.1, 0.15) is 42.5 Å². The van der Waals surface area contributed by atoms with Gasteiger partial charge in [0.15, 0.2) is 5.43 Å². The number of benzene rings is 2. The first kappa shape index (κ1) is 16.1. The molecule has 0 saturated heterocycles. The zero-order valence-electron chi connectivity index (χ0n) is 13.7. The van der Waals surface area contributed by atoms with Crippen LogP contribution in [0, 0.1) is 0 Å². The highest BCUT2D eigenvalue weighted by molar-refractivity contribution is 7.24. The lowest BCUT2D eigenvalue weighted by Gasteiger charge is -2.21. The molecule has 128 valence electrons. The molecule has 5 heteroatoms. The van der Waals surface area contributed by atoms with Crippen LogP contribution in [-0.4, -0.2) is 17.2 Å². The average Bonchev–Trinajstić information content (AvgIpc) is 2.63. The summed E-state index contributed by atoms with van der Waals surface area (Å²) in [6.45, 7) is 0. The van der Waals surface area contributed by atoms with Crippen molar-refractivity contribution in [3.63, 3.8) is 0 Å². The van der Waals surface area contributed by atoms with Gasteiger partial charge in [-0.15, -0.1) is 11.3 Å². The Kier molecular flexibility index (Phi) is 4.17. The zero-order valence-corrected chi connectivity index (χ0v) is 14.5. The van der Waals surface area contributed by atoms with Crippen molar-refractivity contribution in [2.75, 3.05) is 0 Å². The van der Waals surface area contributed by atoms with E-state index in [-0.39, 0.29) is 23.3 Å². The van der Waals surface area contributed by atoms with E-state index in [0.29, 0.717) is 16.3 Å². The molecule has 1 heterocycles. The molecule has 4 rings (SSSR count). The van der Waals surface area contributed by atoms with Gasteiger partial charge in [-0.25, -0.2) is 4.79 Å². The van der Waals surface area contributed by atoms with Crippen LogP contribution < -0.4 is 5.43 Å². The van der Waals surface area contributed by atoms with Crippen molar-refractivity contribution in [2.24, 2.45) is 0 Å². The van der Waals surface area contributed by atoms with Crippen molar-refractivity contribution in [3.8, 4) is 5.75 Å². The topological polar surface area (TPSA) is 63.6 Å². The van der Waals surface area contributed by atoms with E-state index in [1.165, 1.54) is 23.8 Å². The van der Waals surface area contributed by atoms with Crippen LogP contribution >= 0.6 is 11.3 Å². The molecular weight excluding hydrogens is 336 g/mol. The molecule has 0 unspecified atom stereocenters. The summed E-state index contributed by atoms with van der Waals surface area (Å²) in [5.74, 6) is -0.307. The standard InChI is InChI=1S/C20H18O4S/c21-13-7-9-18-16(11-13)19(22)15-10-12(6-8-17(15)25-18)20(23)24-14-4-2-1-3-5-14/h6-11,14,21H,1-5H2. The maximum absolute atomic E-state index is 12.7. The van der Waals surface area contributed by atoms with E-state index in [1.807, 2.05) is 0 Å². The minimum Gasteiger partial charge on any atom is -0.508 e. The fourth-order valence-corrected chi connectivity index (χ4v) is 4.41. The van der Waals surface area contributed by atoms with Crippen molar-refractivity contribution in [3.05, 3.63) is 52.2 Å². The molecule has 1 N–H and O–H groups in total. The number of ether oxygens (including phenoxy) is 1. The number of phenolic OH excluding ortho intramolecular Hbond substituents is 1. The van der Waals surface area contributed by atoms with Crippen molar-refractivity contribution in [1.82, 2.24) is 0 Å². The second-order valence-electron chi connectivity index (χ2n) is 6.49. The van der Waals surface area contributed by atoms with Gasteiger partial charge < -0.3 is 9.84 Å². The van der Waals surface area contributed by atoms with Gasteiger partial charge in [0.25, 0.3) is 0 Å². The fraction of sp³-hybridized carbons (Fsp3) is 0.300. The molecule has 3 aromatic rings. The number of carbonyl (C=O) groups excluding carboxylic acids is 1. The third-order valence-corrected chi connectivity index (χ3v) is 5.87. The van der Waals surface area contributed by atoms with Crippen molar-refractivity contribution in [1.29, 1.82) is 0 Å². The number of phenols is 1. The molecule has 1 aliphatic carbocycles. The summed E-state index contributed by atoms with van der Waals surface area (Å²) in [4.78, 5) is 25.2. The summed E-state index contributed by atoms with van der Waals surface area (Å²) in [7, 11) is 0. The largest absolute Gasteiger partial charge is 0.508 e. The third kappa shape index (κ3) is 3.12. The maximum Gasteiger partial charge on any atom is 0.338 e. The Balaban J connectivity index is 1.73. The van der Waals surface area contributed by atoms with E-state index in [9.17, 15) is 14.7 Å². The smallest absolute Gasteiger partial charge is 0.338 e. The molecule has 0 amide bonds. The lowest BCUT2D eigenvalue weighted by molar-refractivity contribution is 0.0211. The molecule has 4 nitrogen and oxygen atoms in total. The number of hydrogen-bond donors (Lipinski definition) is 1. The highest BCUT2D eigenvalue weighted by atomic mass is 32.1. The zero-order chi connectivity index (χ0) is 17.4. The van der Waals surface area contributed by atoms with E-state index < -0.39 is 0 Å². The maximum atomic E-state index is 12.7. The molecule has 25 heavy (non-hydrogen) atoms. The normalized spacial score (nSPS) is 15.5.